The summed E-state index contributed by atoms with van der Waals surface area (Å²) in [6.45, 7) is 1.33. The Bertz CT molecular complexity index is 354. The summed E-state index contributed by atoms with van der Waals surface area (Å²) in [5, 5.41) is 4.03. The fourth-order valence-corrected chi connectivity index (χ4v) is 1.52. The van der Waals surface area contributed by atoms with E-state index in [1.807, 2.05) is 0 Å². The van der Waals surface area contributed by atoms with Gasteiger partial charge >= 0.3 is 0 Å². The lowest BCUT2D eigenvalue weighted by Crippen LogP contribution is -2.15. The normalized spacial score (nSPS) is 21.3. The number of hydrogen-bond acceptors (Lipinski definition) is 4. The average Bonchev–Trinajstić information content (AvgIpc) is 2.70. The fraction of sp³-hybridized carbons (Fsp3) is 0.500. The molecule has 0 saturated carbocycles. The van der Waals surface area contributed by atoms with E-state index in [2.05, 4.69) is 5.10 Å². The van der Waals surface area contributed by atoms with Gasteiger partial charge in [0.25, 0.3) is 5.91 Å². The van der Waals surface area contributed by atoms with Crippen molar-refractivity contribution in [2.45, 2.75) is 12.5 Å². The molecule has 1 aromatic rings. The van der Waals surface area contributed by atoms with E-state index in [0.29, 0.717) is 12.3 Å². The van der Waals surface area contributed by atoms with Crippen molar-refractivity contribution in [1.29, 1.82) is 0 Å². The standard InChI is InChI=1S/C8H12N4O2/c9-6-3-12(5-1-2-14-4-5)11-7(6)8(10)13/h3,5H,1-2,4,9H2,(H2,10,13). The zero-order valence-corrected chi connectivity index (χ0v) is 7.64. The second kappa shape index (κ2) is 3.30. The summed E-state index contributed by atoms with van der Waals surface area (Å²) in [5.74, 6) is -0.597. The van der Waals surface area contributed by atoms with Crippen molar-refractivity contribution >= 4 is 11.6 Å². The highest BCUT2D eigenvalue weighted by molar-refractivity contribution is 5.95. The highest BCUT2D eigenvalue weighted by Crippen LogP contribution is 2.20. The summed E-state index contributed by atoms with van der Waals surface area (Å²) in [6.07, 6.45) is 2.51. The average molecular weight is 196 g/mol. The smallest absolute Gasteiger partial charge is 0.271 e. The molecule has 1 amide bonds. The molecule has 1 atom stereocenters. The maximum atomic E-state index is 10.9. The molecule has 1 fully saturated rings. The van der Waals surface area contributed by atoms with Crippen molar-refractivity contribution in [3.63, 3.8) is 0 Å². The van der Waals surface area contributed by atoms with Gasteiger partial charge in [-0.3, -0.25) is 9.48 Å². The number of nitrogen functional groups attached to an aromatic ring is 1. The van der Waals surface area contributed by atoms with Crippen LogP contribution in [0.2, 0.25) is 0 Å². The van der Waals surface area contributed by atoms with Crippen molar-refractivity contribution in [3.8, 4) is 0 Å². The molecule has 6 nitrogen and oxygen atoms in total. The Morgan fingerprint density at radius 2 is 2.50 bits per heavy atom. The molecule has 4 N–H and O–H groups in total. The monoisotopic (exact) mass is 196 g/mol. The third-order valence-corrected chi connectivity index (χ3v) is 2.27. The second-order valence-corrected chi connectivity index (χ2v) is 3.29. The predicted octanol–water partition coefficient (Wildman–Crippen LogP) is -0.474. The van der Waals surface area contributed by atoms with Crippen LogP contribution in [-0.4, -0.2) is 28.9 Å². The van der Waals surface area contributed by atoms with Gasteiger partial charge < -0.3 is 16.2 Å². The van der Waals surface area contributed by atoms with Gasteiger partial charge in [-0.2, -0.15) is 5.10 Å². The number of aromatic nitrogens is 2. The van der Waals surface area contributed by atoms with Crippen LogP contribution in [0.3, 0.4) is 0 Å². The van der Waals surface area contributed by atoms with E-state index >= 15 is 0 Å². The van der Waals surface area contributed by atoms with Gasteiger partial charge in [-0.05, 0) is 6.42 Å². The minimum absolute atomic E-state index is 0.136. The molecule has 6 heteroatoms. The number of hydrogen-bond donors (Lipinski definition) is 2. The fourth-order valence-electron chi connectivity index (χ4n) is 1.52. The van der Waals surface area contributed by atoms with Gasteiger partial charge in [0.15, 0.2) is 5.69 Å². The lowest BCUT2D eigenvalue weighted by molar-refractivity contribution is 0.0995. The molecule has 0 bridgehead atoms. The van der Waals surface area contributed by atoms with E-state index in [0.717, 1.165) is 13.0 Å². The Balaban J connectivity index is 2.27. The van der Waals surface area contributed by atoms with Crippen LogP contribution in [0.25, 0.3) is 0 Å². The van der Waals surface area contributed by atoms with Gasteiger partial charge in [0, 0.05) is 12.8 Å². The predicted molar refractivity (Wildman–Crippen MR) is 49.6 cm³/mol. The van der Waals surface area contributed by atoms with Crippen LogP contribution in [0, 0.1) is 0 Å². The van der Waals surface area contributed by atoms with Crippen LogP contribution in [-0.2, 0) is 4.74 Å². The van der Waals surface area contributed by atoms with Gasteiger partial charge in [-0.25, -0.2) is 0 Å². The largest absolute Gasteiger partial charge is 0.396 e. The van der Waals surface area contributed by atoms with Crippen LogP contribution in [0.15, 0.2) is 6.20 Å². The second-order valence-electron chi connectivity index (χ2n) is 3.29. The van der Waals surface area contributed by atoms with Gasteiger partial charge in [0.05, 0.1) is 18.3 Å². The van der Waals surface area contributed by atoms with Crippen molar-refractivity contribution in [1.82, 2.24) is 9.78 Å². The first-order valence-electron chi connectivity index (χ1n) is 4.40. The van der Waals surface area contributed by atoms with E-state index in [1.54, 1.807) is 10.9 Å². The van der Waals surface area contributed by atoms with Gasteiger partial charge in [-0.15, -0.1) is 0 Å². The Morgan fingerprint density at radius 3 is 3.00 bits per heavy atom. The van der Waals surface area contributed by atoms with Crippen molar-refractivity contribution < 1.29 is 9.53 Å². The van der Waals surface area contributed by atoms with Crippen LogP contribution in [0.4, 0.5) is 5.69 Å². The number of nitrogens with two attached hydrogens (primary N) is 2. The van der Waals surface area contributed by atoms with Crippen LogP contribution in [0.5, 0.6) is 0 Å². The molecule has 0 aliphatic carbocycles. The summed E-state index contributed by atoms with van der Waals surface area (Å²) in [4.78, 5) is 10.9. The first kappa shape index (κ1) is 9.01. The number of ether oxygens (including phenoxy) is 1. The van der Waals surface area contributed by atoms with Crippen molar-refractivity contribution in [2.24, 2.45) is 5.73 Å². The Labute approximate surface area is 80.8 Å². The van der Waals surface area contributed by atoms with Gasteiger partial charge in [-0.1, -0.05) is 0 Å². The maximum Gasteiger partial charge on any atom is 0.271 e. The van der Waals surface area contributed by atoms with Crippen LogP contribution in [0.1, 0.15) is 23.0 Å². The molecule has 1 aliphatic heterocycles. The molecule has 1 aromatic heterocycles. The molecule has 2 heterocycles. The molecule has 1 aliphatic rings. The third-order valence-electron chi connectivity index (χ3n) is 2.27. The number of rotatable bonds is 2. The first-order valence-corrected chi connectivity index (χ1v) is 4.40. The summed E-state index contributed by atoms with van der Waals surface area (Å²) < 4.78 is 6.86. The van der Waals surface area contributed by atoms with Crippen LogP contribution >= 0.6 is 0 Å². The summed E-state index contributed by atoms with van der Waals surface area (Å²) in [7, 11) is 0. The molecular weight excluding hydrogens is 184 g/mol. The van der Waals surface area contributed by atoms with E-state index in [9.17, 15) is 4.79 Å². The molecule has 14 heavy (non-hydrogen) atoms. The molecule has 1 saturated heterocycles. The molecule has 76 valence electrons. The number of carbonyl (C=O) groups is 1. The topological polar surface area (TPSA) is 96.2 Å². The van der Waals surface area contributed by atoms with Crippen molar-refractivity contribution in [2.75, 3.05) is 18.9 Å². The number of carbonyl (C=O) groups excluding carboxylic acids is 1. The zero-order valence-electron chi connectivity index (χ0n) is 7.64. The van der Waals surface area contributed by atoms with E-state index in [1.165, 1.54) is 0 Å². The first-order chi connectivity index (χ1) is 6.68. The molecular formula is C8H12N4O2. The number of amides is 1. The van der Waals surface area contributed by atoms with Gasteiger partial charge in [0.1, 0.15) is 0 Å². The minimum atomic E-state index is -0.597. The Morgan fingerprint density at radius 1 is 1.71 bits per heavy atom. The SMILES string of the molecule is NC(=O)c1nn(C2CCOC2)cc1N. The van der Waals surface area contributed by atoms with Crippen molar-refractivity contribution in [3.05, 3.63) is 11.9 Å². The highest BCUT2D eigenvalue weighted by atomic mass is 16.5. The molecule has 1 unspecified atom stereocenters. The molecule has 2 rings (SSSR count). The quantitative estimate of drug-likeness (QED) is 0.668. The minimum Gasteiger partial charge on any atom is -0.396 e. The summed E-state index contributed by atoms with van der Waals surface area (Å²) in [6, 6.07) is 0.172. The molecule has 0 radical (unpaired) electrons. The summed E-state index contributed by atoms with van der Waals surface area (Å²) >= 11 is 0. The van der Waals surface area contributed by atoms with E-state index in [4.69, 9.17) is 16.2 Å². The number of nitrogens with zero attached hydrogens (tertiary/aromatic N) is 2. The lowest BCUT2D eigenvalue weighted by Gasteiger charge is -2.06. The Kier molecular flexibility index (Phi) is 2.12. The number of anilines is 1. The van der Waals surface area contributed by atoms with E-state index < -0.39 is 5.91 Å². The zero-order chi connectivity index (χ0) is 10.1. The number of primary amides is 1. The summed E-state index contributed by atoms with van der Waals surface area (Å²) in [5.41, 5.74) is 11.1. The Hall–Kier alpha value is -1.56. The lowest BCUT2D eigenvalue weighted by atomic mass is 10.3. The van der Waals surface area contributed by atoms with Crippen LogP contribution < -0.4 is 11.5 Å². The highest BCUT2D eigenvalue weighted by Gasteiger charge is 2.21. The molecule has 0 aromatic carbocycles. The van der Waals surface area contributed by atoms with Gasteiger partial charge in [0.2, 0.25) is 0 Å². The third kappa shape index (κ3) is 1.44. The maximum absolute atomic E-state index is 10.9. The van der Waals surface area contributed by atoms with E-state index in [-0.39, 0.29) is 11.7 Å². The molecule has 0 spiro atoms.